The van der Waals surface area contributed by atoms with E-state index in [0.29, 0.717) is 12.8 Å². The van der Waals surface area contributed by atoms with E-state index in [0.717, 1.165) is 22.6 Å². The fraction of sp³-hybridized carbons (Fsp3) is 0.312. The molecule has 0 aliphatic carbocycles. The zero-order chi connectivity index (χ0) is 15.2. The van der Waals surface area contributed by atoms with Gasteiger partial charge in [0.05, 0.1) is 11.5 Å². The predicted octanol–water partition coefficient (Wildman–Crippen LogP) is 3.05. The summed E-state index contributed by atoms with van der Waals surface area (Å²) in [4.78, 5) is 4.41. The lowest BCUT2D eigenvalue weighted by molar-refractivity contribution is 0.449. The van der Waals surface area contributed by atoms with Crippen LogP contribution in [-0.2, 0) is 9.84 Å². The van der Waals surface area contributed by atoms with Gasteiger partial charge < -0.3 is 8.98 Å². The van der Waals surface area contributed by atoms with Gasteiger partial charge in [-0.15, -0.1) is 0 Å². The highest BCUT2D eigenvalue weighted by atomic mass is 32.2. The normalized spacial score (nSPS) is 18.7. The summed E-state index contributed by atoms with van der Waals surface area (Å²) in [5, 5.41) is 1.04. The minimum atomic E-state index is -2.86. The van der Waals surface area contributed by atoms with Crippen molar-refractivity contribution in [3.8, 4) is 11.6 Å². The maximum atomic E-state index is 11.6. The van der Waals surface area contributed by atoms with Crippen LogP contribution in [0.15, 0.2) is 47.1 Å². The van der Waals surface area contributed by atoms with E-state index in [1.807, 2.05) is 41.1 Å². The molecule has 4 rings (SSSR count). The van der Waals surface area contributed by atoms with Gasteiger partial charge in [0.1, 0.15) is 15.4 Å². The van der Waals surface area contributed by atoms with E-state index in [9.17, 15) is 8.42 Å². The summed E-state index contributed by atoms with van der Waals surface area (Å²) in [7, 11) is -2.86. The highest BCUT2D eigenvalue weighted by Gasteiger charge is 2.26. The molecule has 0 spiro atoms. The molecule has 0 atom stereocenters. The summed E-state index contributed by atoms with van der Waals surface area (Å²) in [6.45, 7) is 0. The third-order valence-corrected chi connectivity index (χ3v) is 5.95. The van der Waals surface area contributed by atoms with Crippen LogP contribution in [0.5, 0.6) is 0 Å². The van der Waals surface area contributed by atoms with Gasteiger partial charge in [-0.3, -0.25) is 0 Å². The first-order valence-electron chi connectivity index (χ1n) is 7.35. The molecule has 0 bridgehead atoms. The maximum absolute atomic E-state index is 11.6. The van der Waals surface area contributed by atoms with Gasteiger partial charge in [0.25, 0.3) is 0 Å². The smallest absolute Gasteiger partial charge is 0.176 e. The molecule has 0 unspecified atom stereocenters. The van der Waals surface area contributed by atoms with Crippen LogP contribution in [0.1, 0.15) is 18.9 Å². The number of fused-ring (bicyclic) bond motifs is 1. The van der Waals surface area contributed by atoms with Crippen LogP contribution in [-0.4, -0.2) is 29.5 Å². The van der Waals surface area contributed by atoms with Crippen LogP contribution >= 0.6 is 0 Å². The fourth-order valence-electron chi connectivity index (χ4n) is 3.05. The van der Waals surface area contributed by atoms with E-state index in [1.165, 1.54) is 0 Å². The molecular weight excluding hydrogens is 300 g/mol. The molecule has 3 aromatic rings. The Morgan fingerprint density at radius 3 is 2.73 bits per heavy atom. The van der Waals surface area contributed by atoms with Crippen molar-refractivity contribution in [2.45, 2.75) is 18.9 Å². The average molecular weight is 316 g/mol. The molecule has 5 nitrogen and oxygen atoms in total. The fourth-order valence-corrected chi connectivity index (χ4v) is 4.51. The molecule has 1 fully saturated rings. The summed E-state index contributed by atoms with van der Waals surface area (Å²) < 4.78 is 31.1. The van der Waals surface area contributed by atoms with Gasteiger partial charge in [-0.1, -0.05) is 18.2 Å². The maximum Gasteiger partial charge on any atom is 0.176 e. The highest BCUT2D eigenvalue weighted by Crippen LogP contribution is 2.31. The molecule has 1 aromatic carbocycles. The minimum Gasteiger partial charge on any atom is -0.453 e. The van der Waals surface area contributed by atoms with Crippen LogP contribution in [0.2, 0.25) is 0 Å². The molecular formula is C16H16N2O3S. The lowest BCUT2D eigenvalue weighted by Gasteiger charge is -2.24. The van der Waals surface area contributed by atoms with Crippen molar-refractivity contribution in [2.24, 2.45) is 0 Å². The predicted molar refractivity (Wildman–Crippen MR) is 84.4 cm³/mol. The average Bonchev–Trinajstić information content (AvgIpc) is 3.13. The second-order valence-electron chi connectivity index (χ2n) is 5.69. The molecule has 0 N–H and O–H groups in total. The third-order valence-electron chi connectivity index (χ3n) is 4.23. The van der Waals surface area contributed by atoms with Gasteiger partial charge in [-0.05, 0) is 25.0 Å². The lowest BCUT2D eigenvalue weighted by Crippen LogP contribution is -2.25. The second kappa shape index (κ2) is 4.98. The van der Waals surface area contributed by atoms with E-state index in [1.54, 1.807) is 6.20 Å². The van der Waals surface area contributed by atoms with E-state index in [2.05, 4.69) is 4.98 Å². The molecule has 2 aromatic heterocycles. The van der Waals surface area contributed by atoms with Crippen LogP contribution < -0.4 is 0 Å². The monoisotopic (exact) mass is 316 g/mol. The first-order valence-corrected chi connectivity index (χ1v) is 9.17. The van der Waals surface area contributed by atoms with Crippen LogP contribution in [0.3, 0.4) is 0 Å². The minimum absolute atomic E-state index is 0.161. The number of aromatic nitrogens is 2. The van der Waals surface area contributed by atoms with Crippen LogP contribution in [0.25, 0.3) is 22.6 Å². The molecule has 6 heteroatoms. The Bertz CT molecular complexity index is 877. The number of imidazole rings is 1. The zero-order valence-corrected chi connectivity index (χ0v) is 12.8. The molecule has 3 heterocycles. The standard InChI is InChI=1S/C16H16N2O3S/c19-22(20)9-5-13(6-10-22)18-8-7-17-16(18)15-11-12-3-1-2-4-14(12)21-15/h1-4,7-8,11,13H,5-6,9-10H2. The molecule has 22 heavy (non-hydrogen) atoms. The van der Waals surface area contributed by atoms with Crippen molar-refractivity contribution in [2.75, 3.05) is 11.5 Å². The zero-order valence-electron chi connectivity index (χ0n) is 12.0. The summed E-state index contributed by atoms with van der Waals surface area (Å²) in [5.41, 5.74) is 0.832. The molecule has 1 saturated heterocycles. The third kappa shape index (κ3) is 2.33. The number of para-hydroxylation sites is 1. The molecule has 114 valence electrons. The van der Waals surface area contributed by atoms with Crippen molar-refractivity contribution in [3.63, 3.8) is 0 Å². The van der Waals surface area contributed by atoms with Gasteiger partial charge in [-0.25, -0.2) is 13.4 Å². The Morgan fingerprint density at radius 2 is 1.95 bits per heavy atom. The van der Waals surface area contributed by atoms with Crippen molar-refractivity contribution in [1.82, 2.24) is 9.55 Å². The van der Waals surface area contributed by atoms with Crippen LogP contribution in [0.4, 0.5) is 0 Å². The van der Waals surface area contributed by atoms with E-state index >= 15 is 0 Å². The van der Waals surface area contributed by atoms with Gasteiger partial charge in [-0.2, -0.15) is 0 Å². The Labute approximate surface area is 128 Å². The number of nitrogens with zero attached hydrogens (tertiary/aromatic N) is 2. The summed E-state index contributed by atoms with van der Waals surface area (Å²) in [5.74, 6) is 1.98. The SMILES string of the molecule is O=S1(=O)CCC(n2ccnc2-c2cc3ccccc3o2)CC1. The number of hydrogen-bond acceptors (Lipinski definition) is 4. The van der Waals surface area contributed by atoms with E-state index in [4.69, 9.17) is 4.42 Å². The van der Waals surface area contributed by atoms with Gasteiger partial charge in [0.2, 0.25) is 0 Å². The second-order valence-corrected chi connectivity index (χ2v) is 7.99. The lowest BCUT2D eigenvalue weighted by atomic mass is 10.1. The number of rotatable bonds is 2. The number of benzene rings is 1. The van der Waals surface area contributed by atoms with Crippen molar-refractivity contribution in [3.05, 3.63) is 42.7 Å². The molecule has 1 aliphatic heterocycles. The molecule has 1 aliphatic rings. The number of furan rings is 1. The first-order chi connectivity index (χ1) is 10.6. The van der Waals surface area contributed by atoms with Crippen molar-refractivity contribution < 1.29 is 12.8 Å². The molecule has 0 amide bonds. The van der Waals surface area contributed by atoms with Gasteiger partial charge in [0, 0.05) is 23.8 Å². The van der Waals surface area contributed by atoms with Crippen molar-refractivity contribution in [1.29, 1.82) is 0 Å². The van der Waals surface area contributed by atoms with E-state index < -0.39 is 9.84 Å². The summed E-state index contributed by atoms with van der Waals surface area (Å²) in [6.07, 6.45) is 4.91. The van der Waals surface area contributed by atoms with E-state index in [-0.39, 0.29) is 17.5 Å². The Morgan fingerprint density at radius 1 is 1.18 bits per heavy atom. The molecule has 0 radical (unpaired) electrons. The Hall–Kier alpha value is -2.08. The quantitative estimate of drug-likeness (QED) is 0.729. The number of hydrogen-bond donors (Lipinski definition) is 0. The largest absolute Gasteiger partial charge is 0.453 e. The van der Waals surface area contributed by atoms with Gasteiger partial charge >= 0.3 is 0 Å². The Kier molecular flexibility index (Phi) is 3.07. The summed E-state index contributed by atoms with van der Waals surface area (Å²) >= 11 is 0. The van der Waals surface area contributed by atoms with Gasteiger partial charge in [0.15, 0.2) is 11.6 Å². The van der Waals surface area contributed by atoms with Crippen molar-refractivity contribution >= 4 is 20.8 Å². The first kappa shape index (κ1) is 13.6. The molecule has 0 saturated carbocycles. The highest BCUT2D eigenvalue weighted by molar-refractivity contribution is 7.91. The summed E-state index contributed by atoms with van der Waals surface area (Å²) in [6, 6.07) is 9.98. The van der Waals surface area contributed by atoms with Crippen LogP contribution in [0, 0.1) is 0 Å². The Balaban J connectivity index is 1.71. The topological polar surface area (TPSA) is 65.1 Å². The number of sulfone groups is 1.